The number of hydrogen-bond acceptors (Lipinski definition) is 5. The largest absolute Gasteiger partial charge is 0.417 e. The molecule has 1 atom stereocenters. The average Bonchev–Trinajstić information content (AvgIpc) is 3.22. The highest BCUT2D eigenvalue weighted by molar-refractivity contribution is 5.94. The van der Waals surface area contributed by atoms with Crippen molar-refractivity contribution in [3.8, 4) is 11.4 Å². The lowest BCUT2D eigenvalue weighted by atomic mass is 9.84. The Kier molecular flexibility index (Phi) is 5.18. The number of urea groups is 1. The quantitative estimate of drug-likeness (QED) is 0.395. The van der Waals surface area contributed by atoms with Crippen LogP contribution in [0.25, 0.3) is 22.4 Å². The summed E-state index contributed by atoms with van der Waals surface area (Å²) in [4.78, 5) is 32.6. The van der Waals surface area contributed by atoms with Gasteiger partial charge in [-0.3, -0.25) is 14.6 Å². The Hall–Kier alpha value is -3.56. The third kappa shape index (κ3) is 4.08. The van der Waals surface area contributed by atoms with Gasteiger partial charge in [0.2, 0.25) is 0 Å². The van der Waals surface area contributed by atoms with E-state index in [9.17, 15) is 41.0 Å². The zero-order valence-electron chi connectivity index (χ0n) is 18.3. The number of imidazole rings is 1. The topological polar surface area (TPSA) is 132 Å². The Morgan fingerprint density at radius 1 is 1.17 bits per heavy atom. The van der Waals surface area contributed by atoms with E-state index in [4.69, 9.17) is 0 Å². The number of pyridine rings is 1. The fraction of sp³-hybridized carbons (Fsp3) is 0.500. The molecule has 3 aromatic heterocycles. The second-order valence-electron chi connectivity index (χ2n) is 9.14. The highest BCUT2D eigenvalue weighted by Crippen LogP contribution is 2.55. The van der Waals surface area contributed by atoms with E-state index in [-0.39, 0.29) is 34.7 Å². The first-order valence-electron chi connectivity index (χ1n) is 10.8. The Labute approximate surface area is 197 Å². The smallest absolute Gasteiger partial charge is 0.380 e. The normalized spacial score (nSPS) is 21.8. The molecule has 1 spiro atoms. The van der Waals surface area contributed by atoms with E-state index in [1.807, 2.05) is 0 Å². The van der Waals surface area contributed by atoms with Crippen molar-refractivity contribution in [1.29, 1.82) is 0 Å². The lowest BCUT2D eigenvalue weighted by Gasteiger charge is -2.45. The minimum Gasteiger partial charge on any atom is -0.380 e. The summed E-state index contributed by atoms with van der Waals surface area (Å²) in [5.41, 5.74) is -4.71. The van der Waals surface area contributed by atoms with Gasteiger partial charge in [0.1, 0.15) is 12.2 Å². The number of likely N-dealkylation sites (tertiary alicyclic amines) is 1. The van der Waals surface area contributed by atoms with E-state index >= 15 is 0 Å². The first-order chi connectivity index (χ1) is 16.7. The molecule has 36 heavy (non-hydrogen) atoms. The SMILES string of the molecule is O=C(Nc1cn[nH]c1-c1cc2c(cn1)[nH]c(=O)n2CC(F)(F)F)N1CC[C@](O)(C(F)(F)F)CC12CC2. The van der Waals surface area contributed by atoms with Crippen LogP contribution in [0.3, 0.4) is 0 Å². The van der Waals surface area contributed by atoms with E-state index in [0.717, 1.165) is 6.20 Å². The second kappa shape index (κ2) is 7.72. The van der Waals surface area contributed by atoms with Crippen LogP contribution >= 0.6 is 0 Å². The van der Waals surface area contributed by atoms with Crippen molar-refractivity contribution in [2.45, 2.75) is 55.7 Å². The average molecular weight is 519 g/mol. The first-order valence-corrected chi connectivity index (χ1v) is 10.8. The highest BCUT2D eigenvalue weighted by Gasteiger charge is 2.65. The third-order valence-electron chi connectivity index (χ3n) is 6.68. The van der Waals surface area contributed by atoms with Crippen molar-refractivity contribution < 1.29 is 36.2 Å². The van der Waals surface area contributed by atoms with Crippen LogP contribution in [0.1, 0.15) is 25.7 Å². The molecule has 0 aromatic carbocycles. The van der Waals surface area contributed by atoms with Gasteiger partial charge in [0.25, 0.3) is 0 Å². The number of carbonyl (C=O) groups excluding carboxylic acids is 1. The molecule has 1 saturated carbocycles. The number of aromatic amines is 2. The molecule has 194 valence electrons. The number of aliphatic hydroxyl groups is 1. The molecule has 0 bridgehead atoms. The zero-order valence-corrected chi connectivity index (χ0v) is 18.3. The molecule has 3 aromatic rings. The van der Waals surface area contributed by atoms with E-state index in [1.54, 1.807) is 0 Å². The number of aromatic nitrogens is 5. The zero-order chi connectivity index (χ0) is 26.1. The predicted molar refractivity (Wildman–Crippen MR) is 112 cm³/mol. The van der Waals surface area contributed by atoms with Gasteiger partial charge in [-0.05, 0) is 18.9 Å². The molecule has 2 aliphatic rings. The molecule has 4 N–H and O–H groups in total. The molecule has 5 rings (SSSR count). The van der Waals surface area contributed by atoms with Gasteiger partial charge in [0.05, 0.1) is 34.8 Å². The Morgan fingerprint density at radius 3 is 2.53 bits per heavy atom. The Bertz CT molecular complexity index is 1390. The summed E-state index contributed by atoms with van der Waals surface area (Å²) in [7, 11) is 0. The maximum Gasteiger partial charge on any atom is 0.417 e. The summed E-state index contributed by atoms with van der Waals surface area (Å²) in [6, 6.07) is 0.505. The van der Waals surface area contributed by atoms with Crippen LogP contribution in [0.2, 0.25) is 0 Å². The molecule has 1 aliphatic carbocycles. The number of rotatable bonds is 3. The number of piperidine rings is 1. The van der Waals surface area contributed by atoms with E-state index < -0.39 is 54.6 Å². The Balaban J connectivity index is 1.40. The number of nitrogens with one attached hydrogen (secondary N) is 3. The number of alkyl halides is 6. The summed E-state index contributed by atoms with van der Waals surface area (Å²) in [5, 5.41) is 19.1. The van der Waals surface area contributed by atoms with E-state index in [2.05, 4.69) is 25.5 Å². The number of carbonyl (C=O) groups is 1. The van der Waals surface area contributed by atoms with Crippen molar-refractivity contribution in [3.63, 3.8) is 0 Å². The minimum absolute atomic E-state index is 0.0662. The van der Waals surface area contributed by atoms with E-state index in [0.29, 0.717) is 17.4 Å². The van der Waals surface area contributed by atoms with Crippen LogP contribution in [-0.2, 0) is 6.54 Å². The molecule has 2 fully saturated rings. The molecule has 1 saturated heterocycles. The second-order valence-corrected chi connectivity index (χ2v) is 9.14. The van der Waals surface area contributed by atoms with Crippen molar-refractivity contribution in [2.75, 3.05) is 11.9 Å². The lowest BCUT2D eigenvalue weighted by molar-refractivity contribution is -0.277. The van der Waals surface area contributed by atoms with E-state index in [1.165, 1.54) is 17.2 Å². The van der Waals surface area contributed by atoms with Gasteiger partial charge in [-0.1, -0.05) is 0 Å². The fourth-order valence-corrected chi connectivity index (χ4v) is 4.70. The molecule has 10 nitrogen and oxygen atoms in total. The van der Waals surface area contributed by atoms with Crippen molar-refractivity contribution in [1.82, 2.24) is 29.6 Å². The molecule has 16 heteroatoms. The highest BCUT2D eigenvalue weighted by atomic mass is 19.4. The number of amides is 2. The number of anilines is 1. The molecule has 0 radical (unpaired) electrons. The van der Waals surface area contributed by atoms with Crippen LogP contribution in [0.5, 0.6) is 0 Å². The van der Waals surface area contributed by atoms with Gasteiger partial charge < -0.3 is 20.3 Å². The lowest BCUT2D eigenvalue weighted by Crippen LogP contribution is -2.60. The van der Waals surface area contributed by atoms with Crippen LogP contribution in [-0.4, -0.2) is 70.8 Å². The molecule has 1 aliphatic heterocycles. The van der Waals surface area contributed by atoms with Crippen molar-refractivity contribution >= 4 is 22.8 Å². The van der Waals surface area contributed by atoms with Crippen LogP contribution in [0.15, 0.2) is 23.3 Å². The Morgan fingerprint density at radius 2 is 1.89 bits per heavy atom. The third-order valence-corrected chi connectivity index (χ3v) is 6.68. The van der Waals surface area contributed by atoms with Gasteiger partial charge in [-0.15, -0.1) is 0 Å². The number of H-pyrrole nitrogens is 2. The summed E-state index contributed by atoms with van der Waals surface area (Å²) in [6.45, 7) is -1.85. The maximum atomic E-state index is 13.3. The van der Waals surface area contributed by atoms with Gasteiger partial charge in [-0.25, -0.2) is 9.59 Å². The maximum absolute atomic E-state index is 13.3. The van der Waals surface area contributed by atoms with Crippen molar-refractivity contribution in [3.05, 3.63) is 28.9 Å². The summed E-state index contributed by atoms with van der Waals surface area (Å²) < 4.78 is 79.3. The van der Waals surface area contributed by atoms with Gasteiger partial charge in [-0.2, -0.15) is 31.4 Å². The monoisotopic (exact) mass is 519 g/mol. The van der Waals surface area contributed by atoms with Gasteiger partial charge in [0.15, 0.2) is 5.60 Å². The van der Waals surface area contributed by atoms with Gasteiger partial charge in [0, 0.05) is 24.9 Å². The van der Waals surface area contributed by atoms with Gasteiger partial charge >= 0.3 is 24.1 Å². The number of nitrogens with zero attached hydrogens (tertiary/aromatic N) is 4. The van der Waals surface area contributed by atoms with Crippen LogP contribution in [0, 0.1) is 0 Å². The van der Waals surface area contributed by atoms with Crippen LogP contribution < -0.4 is 11.0 Å². The number of fused-ring (bicyclic) bond motifs is 1. The molecule has 2 amide bonds. The number of hydrogen-bond donors (Lipinski definition) is 4. The summed E-state index contributed by atoms with van der Waals surface area (Å²) in [5.74, 6) is 0. The molecular formula is C20H19F6N7O3. The van der Waals surface area contributed by atoms with Crippen molar-refractivity contribution in [2.24, 2.45) is 0 Å². The molecule has 0 unspecified atom stereocenters. The number of halogens is 6. The standard InChI is InChI=1S/C20H19F6N7O3/c21-19(22,23)9-32-13-5-10(27-6-11(13)29-15(32)34)14-12(7-28-31-14)30-16(35)33-4-3-18(36,20(24,25)26)8-17(33)1-2-17/h5-7,36H,1-4,8-9H2,(H,28,31)(H,29,34)(H,30,35)/t18-/m1/s1. The van der Waals surface area contributed by atoms with Crippen LogP contribution in [0.4, 0.5) is 36.8 Å². The predicted octanol–water partition coefficient (Wildman–Crippen LogP) is 3.13. The first kappa shape index (κ1) is 24.1. The minimum atomic E-state index is -4.82. The molecular weight excluding hydrogens is 500 g/mol. The molecule has 4 heterocycles. The summed E-state index contributed by atoms with van der Waals surface area (Å²) >= 11 is 0. The summed E-state index contributed by atoms with van der Waals surface area (Å²) in [6.07, 6.45) is -7.79. The fourth-order valence-electron chi connectivity index (χ4n) is 4.70.